The van der Waals surface area contributed by atoms with Crippen LogP contribution < -0.4 is 11.5 Å². The van der Waals surface area contributed by atoms with Gasteiger partial charge in [-0.3, -0.25) is 4.99 Å². The van der Waals surface area contributed by atoms with Gasteiger partial charge in [0.2, 0.25) is 0 Å². The zero-order chi connectivity index (χ0) is 31.6. The topological polar surface area (TPSA) is 89.1 Å². The van der Waals surface area contributed by atoms with Gasteiger partial charge in [-0.1, -0.05) is 164 Å². The Morgan fingerprint density at radius 3 is 1.67 bits per heavy atom. The Hall–Kier alpha value is -6.07. The average molecular weight is 598 g/mol. The summed E-state index contributed by atoms with van der Waals surface area (Å²) in [5, 5.41) is 2.25. The number of aliphatic imine (C=N–C) groups is 3. The van der Waals surface area contributed by atoms with E-state index in [0.29, 0.717) is 30.5 Å². The lowest BCUT2D eigenvalue weighted by Crippen LogP contribution is -2.17. The molecule has 0 bridgehead atoms. The van der Waals surface area contributed by atoms with Crippen molar-refractivity contribution >= 4 is 34.0 Å². The smallest absolute Gasteiger partial charge is 0.157 e. The quantitative estimate of drug-likeness (QED) is 0.130. The molecule has 0 aliphatic heterocycles. The molecule has 0 aromatic heterocycles. The van der Waals surface area contributed by atoms with Gasteiger partial charge in [-0.05, 0) is 33.9 Å². The molecule has 46 heavy (non-hydrogen) atoms. The van der Waals surface area contributed by atoms with Crippen molar-refractivity contribution in [1.29, 1.82) is 0 Å². The number of fused-ring (bicyclic) bond motifs is 1. The molecule has 0 atom stereocenters. The molecule has 4 N–H and O–H groups in total. The van der Waals surface area contributed by atoms with E-state index >= 15 is 0 Å². The molecule has 0 saturated heterocycles. The molecule has 0 saturated carbocycles. The van der Waals surface area contributed by atoms with Crippen LogP contribution in [0.15, 0.2) is 179 Å². The van der Waals surface area contributed by atoms with Crippen molar-refractivity contribution < 1.29 is 0 Å². The number of benzene rings is 6. The summed E-state index contributed by atoms with van der Waals surface area (Å²) in [6.45, 7) is 0.469. The fourth-order valence-electron chi connectivity index (χ4n) is 5.32. The van der Waals surface area contributed by atoms with Crippen molar-refractivity contribution in [3.63, 3.8) is 0 Å². The molecule has 6 aromatic rings. The number of nitrogens with two attached hydrogens (primary N) is 2. The lowest BCUT2D eigenvalue weighted by Gasteiger charge is -2.14. The van der Waals surface area contributed by atoms with Crippen molar-refractivity contribution in [3.8, 4) is 0 Å². The van der Waals surface area contributed by atoms with Gasteiger partial charge in [-0.2, -0.15) is 0 Å². The fourth-order valence-corrected chi connectivity index (χ4v) is 5.32. The zero-order valence-electron chi connectivity index (χ0n) is 25.5. The predicted molar refractivity (Wildman–Crippen MR) is 193 cm³/mol. The third-order valence-electron chi connectivity index (χ3n) is 7.71. The SMILES string of the molecule is N/C(=N\C(=C/Cc1c(C(/N=C(\N)c2ccccc2)=N/Cc2ccccc2)ccc2ccccc12)c1ccccc1)c1ccccc1. The van der Waals surface area contributed by atoms with E-state index < -0.39 is 0 Å². The van der Waals surface area contributed by atoms with Gasteiger partial charge >= 0.3 is 0 Å². The second-order valence-corrected chi connectivity index (χ2v) is 10.8. The molecule has 0 radical (unpaired) electrons. The van der Waals surface area contributed by atoms with E-state index in [-0.39, 0.29) is 0 Å². The minimum atomic E-state index is 0.410. The molecule has 0 heterocycles. The first kappa shape index (κ1) is 30.0. The number of amidine groups is 3. The molecule has 5 nitrogen and oxygen atoms in total. The largest absolute Gasteiger partial charge is 0.383 e. The number of hydrogen-bond acceptors (Lipinski definition) is 2. The molecule has 0 unspecified atom stereocenters. The predicted octanol–water partition coefficient (Wildman–Crippen LogP) is 8.18. The molecule has 6 rings (SSSR count). The van der Waals surface area contributed by atoms with E-state index in [2.05, 4.69) is 66.7 Å². The summed E-state index contributed by atoms with van der Waals surface area (Å²) >= 11 is 0. The summed E-state index contributed by atoms with van der Waals surface area (Å²) in [4.78, 5) is 14.9. The van der Waals surface area contributed by atoms with Gasteiger partial charge in [0.1, 0.15) is 11.7 Å². The first-order chi connectivity index (χ1) is 22.7. The van der Waals surface area contributed by atoms with Crippen molar-refractivity contribution in [3.05, 3.63) is 197 Å². The minimum Gasteiger partial charge on any atom is -0.383 e. The molecule has 5 heteroatoms. The highest BCUT2D eigenvalue weighted by Crippen LogP contribution is 2.27. The van der Waals surface area contributed by atoms with Crippen LogP contribution in [-0.4, -0.2) is 17.5 Å². The minimum absolute atomic E-state index is 0.410. The molecule has 0 fully saturated rings. The Labute approximate surface area is 270 Å². The Bertz CT molecular complexity index is 2030. The maximum Gasteiger partial charge on any atom is 0.157 e. The van der Waals surface area contributed by atoms with Gasteiger partial charge in [-0.15, -0.1) is 0 Å². The summed E-state index contributed by atoms with van der Waals surface area (Å²) in [5.74, 6) is 1.44. The van der Waals surface area contributed by atoms with E-state index in [1.165, 1.54) is 0 Å². The van der Waals surface area contributed by atoms with Crippen molar-refractivity contribution in [2.24, 2.45) is 26.4 Å². The fraction of sp³-hybridized carbons (Fsp3) is 0.0488. The Morgan fingerprint density at radius 1 is 0.522 bits per heavy atom. The van der Waals surface area contributed by atoms with Crippen LogP contribution in [0.4, 0.5) is 0 Å². The van der Waals surface area contributed by atoms with E-state index in [9.17, 15) is 0 Å². The second-order valence-electron chi connectivity index (χ2n) is 10.8. The van der Waals surface area contributed by atoms with Gasteiger partial charge in [0.25, 0.3) is 0 Å². The standard InChI is InChI=1S/C41H35N5/c42-39(33-20-9-3-10-21-33)45-38(32-18-7-2-8-19-32)28-27-36-35-24-14-13-17-31(35)25-26-37(36)41(44-29-30-15-5-1-6-16-30)46-40(43)34-22-11-4-12-23-34/h1-26,28H,27,29H2,(H2,42,45)(H2,43,44,46)/b38-28-. The van der Waals surface area contributed by atoms with Gasteiger partial charge < -0.3 is 11.5 Å². The van der Waals surface area contributed by atoms with Crippen molar-refractivity contribution in [1.82, 2.24) is 0 Å². The summed E-state index contributed by atoms with van der Waals surface area (Å²) < 4.78 is 0. The first-order valence-electron chi connectivity index (χ1n) is 15.3. The van der Waals surface area contributed by atoms with Gasteiger partial charge in [0.15, 0.2) is 5.84 Å². The molecule has 0 amide bonds. The molecule has 224 valence electrons. The Morgan fingerprint density at radius 2 is 1.04 bits per heavy atom. The van der Waals surface area contributed by atoms with Crippen LogP contribution in [0.2, 0.25) is 0 Å². The average Bonchev–Trinajstić information content (AvgIpc) is 3.13. The van der Waals surface area contributed by atoms with E-state index in [0.717, 1.165) is 49.9 Å². The second kappa shape index (κ2) is 14.6. The van der Waals surface area contributed by atoms with E-state index in [1.807, 2.05) is 97.1 Å². The highest BCUT2D eigenvalue weighted by Gasteiger charge is 2.14. The lowest BCUT2D eigenvalue weighted by atomic mass is 9.95. The number of hydrogen-bond donors (Lipinski definition) is 2. The Kier molecular flexibility index (Phi) is 9.52. The van der Waals surface area contributed by atoms with Crippen molar-refractivity contribution in [2.45, 2.75) is 13.0 Å². The maximum atomic E-state index is 6.60. The van der Waals surface area contributed by atoms with Crippen molar-refractivity contribution in [2.75, 3.05) is 0 Å². The first-order valence-corrected chi connectivity index (χ1v) is 15.3. The summed E-state index contributed by atoms with van der Waals surface area (Å²) in [6.07, 6.45) is 2.70. The summed E-state index contributed by atoms with van der Waals surface area (Å²) in [6, 6.07) is 52.5. The van der Waals surface area contributed by atoms with Crippen LogP contribution in [-0.2, 0) is 13.0 Å². The highest BCUT2D eigenvalue weighted by molar-refractivity contribution is 6.13. The molecule has 0 spiro atoms. The highest BCUT2D eigenvalue weighted by atomic mass is 15.0. The molecular formula is C41H35N5. The maximum absolute atomic E-state index is 6.60. The number of rotatable bonds is 9. The van der Waals surface area contributed by atoms with Gasteiger partial charge in [0, 0.05) is 16.7 Å². The van der Waals surface area contributed by atoms with Crippen LogP contribution in [0.3, 0.4) is 0 Å². The molecule has 6 aromatic carbocycles. The Balaban J connectivity index is 1.50. The number of nitrogens with zero attached hydrogens (tertiary/aromatic N) is 3. The molecule has 0 aliphatic rings. The van der Waals surface area contributed by atoms with Crippen LogP contribution >= 0.6 is 0 Å². The lowest BCUT2D eigenvalue weighted by molar-refractivity contribution is 1.06. The van der Waals surface area contributed by atoms with Gasteiger partial charge in [-0.25, -0.2) is 9.98 Å². The van der Waals surface area contributed by atoms with Gasteiger partial charge in [0.05, 0.1) is 12.2 Å². The summed E-state index contributed by atoms with van der Waals surface area (Å²) in [7, 11) is 0. The normalized spacial score (nSPS) is 12.8. The van der Waals surface area contributed by atoms with E-state index in [1.54, 1.807) is 0 Å². The van der Waals surface area contributed by atoms with Crippen LogP contribution in [0, 0.1) is 0 Å². The zero-order valence-corrected chi connectivity index (χ0v) is 25.5. The van der Waals surface area contributed by atoms with Crippen LogP contribution in [0.5, 0.6) is 0 Å². The third-order valence-corrected chi connectivity index (χ3v) is 7.71. The summed E-state index contributed by atoms with van der Waals surface area (Å²) in [5.41, 5.74) is 19.7. The molecule has 0 aliphatic carbocycles. The monoisotopic (exact) mass is 597 g/mol. The third kappa shape index (κ3) is 7.34. The van der Waals surface area contributed by atoms with E-state index in [4.69, 9.17) is 26.4 Å². The van der Waals surface area contributed by atoms with Crippen LogP contribution in [0.25, 0.3) is 16.5 Å². The van der Waals surface area contributed by atoms with Crippen LogP contribution in [0.1, 0.15) is 33.4 Å². The molecular weight excluding hydrogens is 562 g/mol. The number of allylic oxidation sites excluding steroid dienone is 1.